The van der Waals surface area contributed by atoms with Crippen LogP contribution in [0.1, 0.15) is 94.2 Å². The number of ether oxygens (including phenoxy) is 1. The van der Waals surface area contributed by atoms with Gasteiger partial charge in [-0.1, -0.05) is 101 Å². The van der Waals surface area contributed by atoms with E-state index >= 15 is 0 Å². The van der Waals surface area contributed by atoms with Crippen LogP contribution in [0.2, 0.25) is 39.3 Å². The number of hydrogen-bond donors (Lipinski definition) is 0. The Bertz CT molecular complexity index is 1180. The summed E-state index contributed by atoms with van der Waals surface area (Å²) in [4.78, 5) is 14.8. The van der Waals surface area contributed by atoms with Gasteiger partial charge in [0.25, 0.3) is 5.79 Å². The lowest BCUT2D eigenvalue weighted by Gasteiger charge is -2.47. The van der Waals surface area contributed by atoms with Crippen molar-refractivity contribution in [3.63, 3.8) is 0 Å². The predicted octanol–water partition coefficient (Wildman–Crippen LogP) is 9.95. The minimum Gasteiger partial charge on any atom is -0.544 e. The summed E-state index contributed by atoms with van der Waals surface area (Å²) in [6.45, 7) is 38.8. The van der Waals surface area contributed by atoms with E-state index in [4.69, 9.17) is 13.6 Å². The van der Waals surface area contributed by atoms with Crippen molar-refractivity contribution in [2.45, 2.75) is 139 Å². The number of allylic oxidation sites excluding steroid dienone is 2. The summed E-state index contributed by atoms with van der Waals surface area (Å²) in [5, 5.41) is 0. The molecule has 0 aliphatic heterocycles. The van der Waals surface area contributed by atoms with E-state index in [0.717, 1.165) is 22.4 Å². The number of benzene rings is 1. The van der Waals surface area contributed by atoms with Crippen molar-refractivity contribution in [1.29, 1.82) is 0 Å². The van der Waals surface area contributed by atoms with E-state index in [1.807, 2.05) is 12.1 Å². The van der Waals surface area contributed by atoms with E-state index in [9.17, 15) is 4.79 Å². The molecule has 6 heteroatoms. The van der Waals surface area contributed by atoms with Gasteiger partial charge in [-0.15, -0.1) is 0 Å². The highest BCUT2D eigenvalue weighted by Crippen LogP contribution is 2.51. The van der Waals surface area contributed by atoms with Gasteiger partial charge in [0.15, 0.2) is 8.32 Å². The lowest BCUT2D eigenvalue weighted by atomic mass is 9.71. The van der Waals surface area contributed by atoms with E-state index in [-0.39, 0.29) is 27.4 Å². The fourth-order valence-corrected chi connectivity index (χ4v) is 7.09. The van der Waals surface area contributed by atoms with E-state index in [1.165, 1.54) is 0 Å². The third kappa shape index (κ3) is 7.80. The summed E-state index contributed by atoms with van der Waals surface area (Å²) in [6.07, 6.45) is 4.05. The maximum Gasteiger partial charge on any atom is 0.289 e. The Morgan fingerprint density at radius 3 is 1.55 bits per heavy atom. The van der Waals surface area contributed by atoms with Gasteiger partial charge in [0.05, 0.1) is 0 Å². The number of carbonyl (C=O) groups is 1. The summed E-state index contributed by atoms with van der Waals surface area (Å²) in [5.41, 5.74) is 2.47. The molecule has 0 spiro atoms. The number of carbonyl (C=O) groups excluding carboxylic acids is 1. The summed E-state index contributed by atoms with van der Waals surface area (Å²) in [5.74, 6) is -0.149. The molecule has 0 fully saturated rings. The van der Waals surface area contributed by atoms with E-state index in [2.05, 4.69) is 135 Å². The molecule has 0 bridgehead atoms. The second-order valence-corrected chi connectivity index (χ2v) is 26.3. The van der Waals surface area contributed by atoms with Crippen LogP contribution in [0.3, 0.4) is 0 Å². The van der Waals surface area contributed by atoms with Gasteiger partial charge in [0.1, 0.15) is 11.5 Å². The van der Waals surface area contributed by atoms with Gasteiger partial charge in [-0.3, -0.25) is 4.79 Å². The zero-order chi connectivity index (χ0) is 31.5. The molecule has 1 unspecified atom stereocenters. The lowest BCUT2D eigenvalue weighted by molar-refractivity contribution is -0.156. The van der Waals surface area contributed by atoms with Crippen LogP contribution < -0.4 is 9.16 Å². The van der Waals surface area contributed by atoms with Crippen molar-refractivity contribution in [2.24, 2.45) is 10.8 Å². The van der Waals surface area contributed by atoms with E-state index < -0.39 is 22.4 Å². The molecule has 1 aromatic carbocycles. The minimum atomic E-state index is -2.32. The van der Waals surface area contributed by atoms with Crippen molar-refractivity contribution in [2.75, 3.05) is 0 Å². The van der Waals surface area contributed by atoms with Gasteiger partial charge in [-0.05, 0) is 72.6 Å². The molecule has 0 saturated heterocycles. The van der Waals surface area contributed by atoms with Crippen LogP contribution in [-0.4, -0.2) is 28.2 Å². The largest absolute Gasteiger partial charge is 0.544 e. The maximum atomic E-state index is 14.8. The second kappa shape index (κ2) is 10.6. The summed E-state index contributed by atoms with van der Waals surface area (Å²) < 4.78 is 21.0. The lowest BCUT2D eigenvalue weighted by Crippen LogP contribution is -2.59. The van der Waals surface area contributed by atoms with Crippen molar-refractivity contribution in [1.82, 2.24) is 0 Å². The molecule has 0 N–H and O–H groups in total. The summed E-state index contributed by atoms with van der Waals surface area (Å²) >= 11 is 0. The van der Waals surface area contributed by atoms with Gasteiger partial charge in [-0.2, -0.15) is 0 Å². The SMILES string of the molecule is CC(C)(C)C1=CC=C(C(C)(C)C)C(Oc2ccc(C(C)(C)C)c(O[Si](C)(C)C)c2C(C)(C)C)(O[Si](C)(C)C)C1=O. The number of hydrogen-bond acceptors (Lipinski definition) is 4. The van der Waals surface area contributed by atoms with Gasteiger partial charge in [0.2, 0.25) is 14.1 Å². The Balaban J connectivity index is 3.08. The molecule has 0 aromatic heterocycles. The number of ketones is 1. The molecule has 0 saturated carbocycles. The summed E-state index contributed by atoms with van der Waals surface area (Å²) in [6, 6.07) is 4.16. The fraction of sp³-hybridized carbons (Fsp3) is 0.676. The Morgan fingerprint density at radius 1 is 0.650 bits per heavy atom. The zero-order valence-electron chi connectivity index (χ0n) is 28.9. The first kappa shape index (κ1) is 34.6. The average molecular weight is 587 g/mol. The number of Topliss-reactive ketones (excluding diaryl/α,β-unsaturated/α-hetero) is 1. The fourth-order valence-electron chi connectivity index (χ4n) is 5.16. The maximum absolute atomic E-state index is 14.8. The Labute approximate surface area is 248 Å². The average Bonchev–Trinajstić information content (AvgIpc) is 2.63. The number of rotatable bonds is 6. The molecule has 1 atom stereocenters. The van der Waals surface area contributed by atoms with E-state index in [0.29, 0.717) is 11.3 Å². The first-order chi connectivity index (χ1) is 17.5. The third-order valence-electron chi connectivity index (χ3n) is 6.72. The van der Waals surface area contributed by atoms with Gasteiger partial charge in [-0.25, -0.2) is 0 Å². The minimum absolute atomic E-state index is 0.109. The van der Waals surface area contributed by atoms with Crippen LogP contribution in [0.15, 0.2) is 35.4 Å². The zero-order valence-corrected chi connectivity index (χ0v) is 30.9. The predicted molar refractivity (Wildman–Crippen MR) is 176 cm³/mol. The molecule has 226 valence electrons. The highest BCUT2D eigenvalue weighted by Gasteiger charge is 2.56. The van der Waals surface area contributed by atoms with Gasteiger partial charge >= 0.3 is 0 Å². The van der Waals surface area contributed by atoms with E-state index in [1.54, 1.807) is 0 Å². The highest BCUT2D eigenvalue weighted by atomic mass is 28.4. The molecule has 1 aliphatic carbocycles. The highest BCUT2D eigenvalue weighted by molar-refractivity contribution is 6.70. The van der Waals surface area contributed by atoms with Crippen LogP contribution in [0.25, 0.3) is 0 Å². The first-order valence-electron chi connectivity index (χ1n) is 14.8. The smallest absolute Gasteiger partial charge is 0.289 e. The van der Waals surface area contributed by atoms with Gasteiger partial charge < -0.3 is 13.6 Å². The second-order valence-electron chi connectivity index (χ2n) is 17.5. The topological polar surface area (TPSA) is 44.8 Å². The molecule has 0 heterocycles. The monoisotopic (exact) mass is 586 g/mol. The Kier molecular flexibility index (Phi) is 9.13. The quantitative estimate of drug-likeness (QED) is 0.246. The Morgan fingerprint density at radius 2 is 1.18 bits per heavy atom. The summed E-state index contributed by atoms with van der Waals surface area (Å²) in [7, 11) is -4.33. The normalized spacial score (nSPS) is 19.8. The molecule has 0 radical (unpaired) electrons. The van der Waals surface area contributed by atoms with Crippen LogP contribution in [0, 0.1) is 10.8 Å². The van der Waals surface area contributed by atoms with Crippen LogP contribution in [0.4, 0.5) is 0 Å². The van der Waals surface area contributed by atoms with Crippen molar-refractivity contribution in [3.05, 3.63) is 46.6 Å². The van der Waals surface area contributed by atoms with Crippen LogP contribution in [-0.2, 0) is 20.1 Å². The van der Waals surface area contributed by atoms with Crippen molar-refractivity contribution in [3.8, 4) is 11.5 Å². The van der Waals surface area contributed by atoms with Gasteiger partial charge in [0, 0.05) is 16.7 Å². The standard InChI is InChI=1S/C34H58O4Si2/c1-30(2,3)23-19-21-25(27(33(10,11)12)28(23)37-39(13,14)15)36-34(38-40(16,17)18)26(32(7,8)9)22-20-24(29(34)35)31(4,5)6/h19-22H,1-18H3. The molecule has 2 rings (SSSR count). The van der Waals surface area contributed by atoms with Crippen molar-refractivity contribution >= 4 is 22.4 Å². The molecular formula is C34H58O4Si2. The van der Waals surface area contributed by atoms with Crippen LogP contribution >= 0.6 is 0 Å². The van der Waals surface area contributed by atoms with Crippen LogP contribution in [0.5, 0.6) is 11.5 Å². The molecule has 4 nitrogen and oxygen atoms in total. The van der Waals surface area contributed by atoms with Crippen molar-refractivity contribution < 1.29 is 18.4 Å². The molecule has 40 heavy (non-hydrogen) atoms. The molecular weight excluding hydrogens is 529 g/mol. The first-order valence-corrected chi connectivity index (χ1v) is 21.6. The third-order valence-corrected chi connectivity index (χ3v) is 8.44. The Hall–Kier alpha value is -1.64. The molecule has 0 amide bonds. The molecule has 1 aliphatic rings. The molecule has 1 aromatic rings.